The van der Waals surface area contributed by atoms with E-state index in [1.807, 2.05) is 6.92 Å². The Bertz CT molecular complexity index is 308. The number of hydrogen-bond acceptors (Lipinski definition) is 2. The van der Waals surface area contributed by atoms with Crippen LogP contribution >= 0.6 is 11.8 Å². The molecule has 0 saturated carbocycles. The highest BCUT2D eigenvalue weighted by Crippen LogP contribution is 2.14. The van der Waals surface area contributed by atoms with E-state index in [0.717, 1.165) is 12.0 Å². The fraction of sp³-hybridized carbons (Fsp3) is 0.417. The van der Waals surface area contributed by atoms with Crippen LogP contribution in [0, 0.1) is 0 Å². The predicted molar refractivity (Wildman–Crippen MR) is 65.0 cm³/mol. The second-order valence-corrected chi connectivity index (χ2v) is 4.25. The second kappa shape index (κ2) is 6.51. The number of benzene rings is 1. The van der Waals surface area contributed by atoms with Crippen molar-refractivity contribution in [3.8, 4) is 0 Å². The van der Waals surface area contributed by atoms with E-state index in [1.165, 1.54) is 4.90 Å². The van der Waals surface area contributed by atoms with Gasteiger partial charge >= 0.3 is 0 Å². The predicted octanol–water partition coefficient (Wildman–Crippen LogP) is 2.82. The van der Waals surface area contributed by atoms with Gasteiger partial charge in [-0.25, -0.2) is 0 Å². The molecule has 0 radical (unpaired) electrons. The Morgan fingerprint density at radius 1 is 1.33 bits per heavy atom. The number of carbonyl (C=O) groups excluding carboxylic acids is 1. The van der Waals surface area contributed by atoms with Crippen molar-refractivity contribution in [2.24, 2.45) is 0 Å². The van der Waals surface area contributed by atoms with Crippen molar-refractivity contribution in [3.05, 3.63) is 29.8 Å². The molecule has 0 aliphatic heterocycles. The smallest absolute Gasteiger partial charge is 0.220 e. The highest BCUT2D eigenvalue weighted by Gasteiger charge is 1.99. The van der Waals surface area contributed by atoms with E-state index >= 15 is 0 Å². The normalized spacial score (nSPS) is 10.0. The van der Waals surface area contributed by atoms with Gasteiger partial charge in [0.1, 0.15) is 0 Å². The van der Waals surface area contributed by atoms with E-state index in [2.05, 4.69) is 35.8 Å². The Hall–Kier alpha value is -0.960. The van der Waals surface area contributed by atoms with E-state index in [0.29, 0.717) is 13.0 Å². The molecule has 3 heteroatoms. The fourth-order valence-electron chi connectivity index (χ4n) is 1.26. The van der Waals surface area contributed by atoms with Gasteiger partial charge in [0.2, 0.25) is 5.91 Å². The molecule has 0 unspecified atom stereocenters. The summed E-state index contributed by atoms with van der Waals surface area (Å²) in [5.41, 5.74) is 1.15. The lowest BCUT2D eigenvalue weighted by atomic mass is 10.2. The molecule has 15 heavy (non-hydrogen) atoms. The van der Waals surface area contributed by atoms with E-state index in [-0.39, 0.29) is 5.91 Å². The zero-order valence-electron chi connectivity index (χ0n) is 9.25. The van der Waals surface area contributed by atoms with Crippen LogP contribution in [0.4, 0.5) is 0 Å². The Labute approximate surface area is 95.5 Å². The summed E-state index contributed by atoms with van der Waals surface area (Å²) in [6.45, 7) is 2.64. The lowest BCUT2D eigenvalue weighted by molar-refractivity contribution is -0.121. The fourth-order valence-corrected chi connectivity index (χ4v) is 1.67. The van der Waals surface area contributed by atoms with Crippen LogP contribution in [0.25, 0.3) is 0 Å². The van der Waals surface area contributed by atoms with Gasteiger partial charge < -0.3 is 5.32 Å². The Kier molecular flexibility index (Phi) is 5.26. The maximum atomic E-state index is 11.2. The monoisotopic (exact) mass is 223 g/mol. The first-order valence-electron chi connectivity index (χ1n) is 5.16. The lowest BCUT2D eigenvalue weighted by Gasteiger charge is -2.04. The maximum Gasteiger partial charge on any atom is 0.220 e. The van der Waals surface area contributed by atoms with Crippen molar-refractivity contribution in [1.29, 1.82) is 0 Å². The van der Waals surface area contributed by atoms with Crippen LogP contribution in [-0.2, 0) is 11.3 Å². The minimum atomic E-state index is 0.131. The molecular formula is C12H17NOS. The minimum absolute atomic E-state index is 0.131. The molecule has 0 saturated heterocycles. The molecule has 0 spiro atoms. The van der Waals surface area contributed by atoms with Gasteiger partial charge in [-0.3, -0.25) is 4.79 Å². The molecule has 1 aromatic carbocycles. The maximum absolute atomic E-state index is 11.2. The number of thioether (sulfide) groups is 1. The third-order valence-corrected chi connectivity index (χ3v) is 2.87. The van der Waals surface area contributed by atoms with Crippen molar-refractivity contribution < 1.29 is 4.79 Å². The van der Waals surface area contributed by atoms with Gasteiger partial charge in [0.15, 0.2) is 0 Å². The van der Waals surface area contributed by atoms with Crippen molar-refractivity contribution in [3.63, 3.8) is 0 Å². The van der Waals surface area contributed by atoms with Crippen LogP contribution < -0.4 is 5.32 Å². The average Bonchev–Trinajstić information content (AvgIpc) is 2.27. The molecule has 0 aliphatic rings. The van der Waals surface area contributed by atoms with Gasteiger partial charge in [0.25, 0.3) is 0 Å². The minimum Gasteiger partial charge on any atom is -0.352 e. The number of rotatable bonds is 5. The summed E-state index contributed by atoms with van der Waals surface area (Å²) < 4.78 is 0. The summed E-state index contributed by atoms with van der Waals surface area (Å²) in [5.74, 6) is 0.131. The zero-order valence-corrected chi connectivity index (χ0v) is 10.1. The molecule has 0 heterocycles. The molecule has 0 aromatic heterocycles. The summed E-state index contributed by atoms with van der Waals surface area (Å²) in [7, 11) is 0. The molecular weight excluding hydrogens is 206 g/mol. The van der Waals surface area contributed by atoms with Gasteiger partial charge in [-0.15, -0.1) is 11.8 Å². The zero-order chi connectivity index (χ0) is 11.1. The molecule has 0 fully saturated rings. The molecule has 0 bridgehead atoms. The molecule has 2 nitrogen and oxygen atoms in total. The molecule has 1 N–H and O–H groups in total. The molecule has 1 amide bonds. The first-order valence-corrected chi connectivity index (χ1v) is 6.38. The van der Waals surface area contributed by atoms with Crippen molar-refractivity contribution >= 4 is 17.7 Å². The highest BCUT2D eigenvalue weighted by atomic mass is 32.2. The molecule has 1 rings (SSSR count). The lowest BCUT2D eigenvalue weighted by Crippen LogP contribution is -2.21. The first kappa shape index (κ1) is 12.1. The van der Waals surface area contributed by atoms with Gasteiger partial charge in [-0.05, 0) is 30.4 Å². The third kappa shape index (κ3) is 4.38. The summed E-state index contributed by atoms with van der Waals surface area (Å²) >= 11 is 1.72. The topological polar surface area (TPSA) is 29.1 Å². The first-order chi connectivity index (χ1) is 7.26. The third-order valence-electron chi connectivity index (χ3n) is 2.13. The molecule has 1 aromatic rings. The Balaban J connectivity index is 2.40. The summed E-state index contributed by atoms with van der Waals surface area (Å²) in [5, 5.41) is 2.89. The van der Waals surface area contributed by atoms with Gasteiger partial charge in [0, 0.05) is 17.9 Å². The van der Waals surface area contributed by atoms with Gasteiger partial charge in [0.05, 0.1) is 0 Å². The second-order valence-electron chi connectivity index (χ2n) is 3.37. The number of hydrogen-bond donors (Lipinski definition) is 1. The SMILES string of the molecule is CCCC(=O)NCc1ccc(SC)cc1. The van der Waals surface area contributed by atoms with Gasteiger partial charge in [-0.1, -0.05) is 19.1 Å². The largest absolute Gasteiger partial charge is 0.352 e. The standard InChI is InChI=1S/C12H17NOS/c1-3-4-12(14)13-9-10-5-7-11(15-2)8-6-10/h5-8H,3-4,9H2,1-2H3,(H,13,14). The number of carbonyl (C=O) groups is 1. The van der Waals surface area contributed by atoms with Crippen molar-refractivity contribution in [1.82, 2.24) is 5.32 Å². The summed E-state index contributed by atoms with van der Waals surface area (Å²) in [6, 6.07) is 8.26. The summed E-state index contributed by atoms with van der Waals surface area (Å²) in [4.78, 5) is 12.5. The van der Waals surface area contributed by atoms with E-state index in [4.69, 9.17) is 0 Å². The van der Waals surface area contributed by atoms with Crippen LogP contribution in [0.15, 0.2) is 29.2 Å². The summed E-state index contributed by atoms with van der Waals surface area (Å²) in [6.07, 6.45) is 3.57. The highest BCUT2D eigenvalue weighted by molar-refractivity contribution is 7.98. The van der Waals surface area contributed by atoms with Crippen LogP contribution in [-0.4, -0.2) is 12.2 Å². The Morgan fingerprint density at radius 2 is 2.00 bits per heavy atom. The molecule has 82 valence electrons. The van der Waals surface area contributed by atoms with Crippen LogP contribution in [0.1, 0.15) is 25.3 Å². The van der Waals surface area contributed by atoms with E-state index < -0.39 is 0 Å². The van der Waals surface area contributed by atoms with Crippen molar-refractivity contribution in [2.75, 3.05) is 6.26 Å². The Morgan fingerprint density at radius 3 is 2.53 bits per heavy atom. The average molecular weight is 223 g/mol. The number of amides is 1. The van der Waals surface area contributed by atoms with Gasteiger partial charge in [-0.2, -0.15) is 0 Å². The van der Waals surface area contributed by atoms with E-state index in [9.17, 15) is 4.79 Å². The number of nitrogens with one attached hydrogen (secondary N) is 1. The van der Waals surface area contributed by atoms with Crippen LogP contribution in [0.2, 0.25) is 0 Å². The van der Waals surface area contributed by atoms with E-state index in [1.54, 1.807) is 11.8 Å². The molecule has 0 aliphatic carbocycles. The van der Waals surface area contributed by atoms with Crippen molar-refractivity contribution in [2.45, 2.75) is 31.2 Å². The molecule has 0 atom stereocenters. The quantitative estimate of drug-likeness (QED) is 0.778. The van der Waals surface area contributed by atoms with Crippen LogP contribution in [0.3, 0.4) is 0 Å². The van der Waals surface area contributed by atoms with Crippen LogP contribution in [0.5, 0.6) is 0 Å².